The van der Waals surface area contributed by atoms with Crippen LogP contribution < -0.4 is 5.32 Å². The molecule has 1 amide bonds. The van der Waals surface area contributed by atoms with Crippen LogP contribution in [0.2, 0.25) is 0 Å². The Labute approximate surface area is 300 Å². The Kier molecular flexibility index (Phi) is 29.7. The van der Waals surface area contributed by atoms with Gasteiger partial charge in [0.15, 0.2) is 0 Å². The van der Waals surface area contributed by atoms with E-state index in [4.69, 9.17) is 4.74 Å². The van der Waals surface area contributed by atoms with Crippen LogP contribution in [0.3, 0.4) is 0 Å². The van der Waals surface area contributed by atoms with Crippen LogP contribution >= 0.6 is 0 Å². The number of unbranched alkanes of at least 4 members (excludes halogenated alkanes) is 22. The van der Waals surface area contributed by atoms with E-state index in [9.17, 15) is 30.3 Å². The van der Waals surface area contributed by atoms with Gasteiger partial charge < -0.3 is 35.6 Å². The minimum Gasteiger partial charge on any atom is -0.393 e. The largest absolute Gasteiger partial charge is 0.393 e. The molecule has 8 heteroatoms. The molecule has 0 aromatic heterocycles. The molecule has 1 rings (SSSR count). The van der Waals surface area contributed by atoms with Crippen LogP contribution in [-0.2, 0) is 9.53 Å². The Morgan fingerprint density at radius 2 is 1.14 bits per heavy atom. The minimum absolute atomic E-state index is 0.0724. The van der Waals surface area contributed by atoms with Crippen LogP contribution in [0.4, 0.5) is 0 Å². The Morgan fingerprint density at radius 3 is 1.59 bits per heavy atom. The smallest absolute Gasteiger partial charge is 0.220 e. The molecule has 0 radical (unpaired) electrons. The van der Waals surface area contributed by atoms with E-state index >= 15 is 0 Å². The standard InChI is InChI=1S/C41H79NO7/c1-3-5-6-7-8-9-10-11-12-13-14-15-16-17-18-19-20-21-22-23-24-25-26-31-39(46)42-35(37(45)32-34(43)4-2)33-49-38-30-28-27-29-36(44)40(47)41(38)48/h27,29,34-38,40-41,43-45,47-48H,3-26,28,30-33H2,1-2H3,(H,42,46). The van der Waals surface area contributed by atoms with Gasteiger partial charge in [-0.05, 0) is 25.7 Å². The van der Waals surface area contributed by atoms with Crippen LogP contribution in [0.25, 0.3) is 0 Å². The topological polar surface area (TPSA) is 139 Å². The van der Waals surface area contributed by atoms with Gasteiger partial charge in [-0.3, -0.25) is 4.79 Å². The Balaban J connectivity index is 2.09. The van der Waals surface area contributed by atoms with Gasteiger partial charge in [0, 0.05) is 12.8 Å². The first-order valence-electron chi connectivity index (χ1n) is 20.8. The number of rotatable bonds is 32. The number of aliphatic hydroxyl groups is 5. The molecule has 0 heterocycles. The second-order valence-corrected chi connectivity index (χ2v) is 14.9. The van der Waals surface area contributed by atoms with Gasteiger partial charge in [0.2, 0.25) is 5.91 Å². The van der Waals surface area contributed by atoms with Gasteiger partial charge in [0.1, 0.15) is 18.3 Å². The van der Waals surface area contributed by atoms with Crippen molar-refractivity contribution in [2.75, 3.05) is 6.61 Å². The third kappa shape index (κ3) is 24.7. The van der Waals surface area contributed by atoms with Crippen LogP contribution in [0.5, 0.6) is 0 Å². The summed E-state index contributed by atoms with van der Waals surface area (Å²) < 4.78 is 5.89. The molecule has 7 atom stereocenters. The van der Waals surface area contributed by atoms with Crippen molar-refractivity contribution in [3.8, 4) is 0 Å². The van der Waals surface area contributed by atoms with Gasteiger partial charge in [-0.15, -0.1) is 0 Å². The Bertz CT molecular complexity index is 781. The van der Waals surface area contributed by atoms with Gasteiger partial charge in [-0.2, -0.15) is 0 Å². The van der Waals surface area contributed by atoms with Crippen LogP contribution in [0.1, 0.15) is 194 Å². The summed E-state index contributed by atoms with van der Waals surface area (Å²) in [6, 6.07) is -0.756. The van der Waals surface area contributed by atoms with E-state index in [2.05, 4.69) is 12.2 Å². The number of allylic oxidation sites excluding steroid dienone is 1. The first-order chi connectivity index (χ1) is 23.8. The van der Waals surface area contributed by atoms with Crippen LogP contribution in [0.15, 0.2) is 12.2 Å². The van der Waals surface area contributed by atoms with E-state index in [0.29, 0.717) is 25.7 Å². The number of carbonyl (C=O) groups excluding carboxylic acids is 1. The maximum Gasteiger partial charge on any atom is 0.220 e. The van der Waals surface area contributed by atoms with E-state index in [0.717, 1.165) is 19.3 Å². The molecular formula is C41H79NO7. The second-order valence-electron chi connectivity index (χ2n) is 14.9. The minimum atomic E-state index is -1.39. The normalized spacial score (nSPS) is 21.6. The summed E-state index contributed by atoms with van der Waals surface area (Å²) in [5.41, 5.74) is 0. The molecule has 7 unspecified atom stereocenters. The number of amides is 1. The maximum absolute atomic E-state index is 12.8. The summed E-state index contributed by atoms with van der Waals surface area (Å²) in [6.07, 6.45) is 29.3. The van der Waals surface area contributed by atoms with Crippen molar-refractivity contribution in [2.45, 2.75) is 236 Å². The maximum atomic E-state index is 12.8. The van der Waals surface area contributed by atoms with Gasteiger partial charge in [-0.1, -0.05) is 167 Å². The van der Waals surface area contributed by atoms with Gasteiger partial charge in [0.25, 0.3) is 0 Å². The molecule has 0 bridgehead atoms. The van der Waals surface area contributed by atoms with Crippen LogP contribution in [0, 0.1) is 0 Å². The highest BCUT2D eigenvalue weighted by atomic mass is 16.5. The molecule has 290 valence electrons. The van der Waals surface area contributed by atoms with Crippen molar-refractivity contribution in [3.05, 3.63) is 12.2 Å². The monoisotopic (exact) mass is 698 g/mol. The highest BCUT2D eigenvalue weighted by Crippen LogP contribution is 2.20. The summed E-state index contributed by atoms with van der Waals surface area (Å²) >= 11 is 0. The zero-order valence-corrected chi connectivity index (χ0v) is 31.8. The van der Waals surface area contributed by atoms with Crippen LogP contribution in [-0.4, -0.2) is 80.7 Å². The molecule has 1 aliphatic rings. The number of hydrogen-bond donors (Lipinski definition) is 6. The number of aliphatic hydroxyl groups excluding tert-OH is 5. The summed E-state index contributed by atoms with van der Waals surface area (Å²) in [4.78, 5) is 12.8. The molecule has 0 spiro atoms. The molecular weight excluding hydrogens is 618 g/mol. The molecule has 0 aliphatic heterocycles. The van der Waals surface area contributed by atoms with Crippen molar-refractivity contribution in [2.24, 2.45) is 0 Å². The van der Waals surface area contributed by atoms with Gasteiger partial charge in [0.05, 0.1) is 31.0 Å². The predicted molar refractivity (Wildman–Crippen MR) is 201 cm³/mol. The third-order valence-corrected chi connectivity index (χ3v) is 10.3. The van der Waals surface area contributed by atoms with Gasteiger partial charge in [-0.25, -0.2) is 0 Å². The molecule has 0 fully saturated rings. The lowest BCUT2D eigenvalue weighted by Gasteiger charge is -2.32. The SMILES string of the molecule is CCCCCCCCCCCCCCCCCCCCCCCCCC(=O)NC(COC1CCC=CC(O)C(O)C1O)C(O)CC(O)CC. The van der Waals surface area contributed by atoms with E-state index in [1.807, 2.05) is 6.92 Å². The molecule has 8 nitrogen and oxygen atoms in total. The first kappa shape index (κ1) is 46.0. The molecule has 6 N–H and O–H groups in total. The number of hydrogen-bond acceptors (Lipinski definition) is 7. The summed E-state index contributed by atoms with van der Waals surface area (Å²) in [5.74, 6) is -0.168. The van der Waals surface area contributed by atoms with Crippen molar-refractivity contribution >= 4 is 5.91 Å². The lowest BCUT2D eigenvalue weighted by molar-refractivity contribution is -0.132. The van der Waals surface area contributed by atoms with Crippen molar-refractivity contribution in [1.29, 1.82) is 0 Å². The second kappa shape index (κ2) is 31.7. The molecule has 0 saturated carbocycles. The summed E-state index contributed by atoms with van der Waals surface area (Å²) in [5, 5.41) is 54.4. The summed E-state index contributed by atoms with van der Waals surface area (Å²) in [6.45, 7) is 4.04. The quantitative estimate of drug-likeness (QED) is 0.0308. The number of nitrogens with one attached hydrogen (secondary N) is 1. The molecule has 1 aliphatic carbocycles. The molecule has 0 aromatic rings. The lowest BCUT2D eigenvalue weighted by atomic mass is 9.96. The number of ether oxygens (including phenoxy) is 1. The van der Waals surface area contributed by atoms with E-state index in [-0.39, 0.29) is 18.9 Å². The average Bonchev–Trinajstić information content (AvgIpc) is 3.09. The molecule has 49 heavy (non-hydrogen) atoms. The Morgan fingerprint density at radius 1 is 0.694 bits per heavy atom. The zero-order valence-electron chi connectivity index (χ0n) is 31.8. The predicted octanol–water partition coefficient (Wildman–Crippen LogP) is 8.19. The van der Waals surface area contributed by atoms with E-state index < -0.39 is 42.7 Å². The van der Waals surface area contributed by atoms with Crippen molar-refractivity contribution in [1.82, 2.24) is 5.32 Å². The van der Waals surface area contributed by atoms with Crippen molar-refractivity contribution < 1.29 is 35.1 Å². The fraction of sp³-hybridized carbons (Fsp3) is 0.927. The lowest BCUT2D eigenvalue weighted by Crippen LogP contribution is -2.50. The third-order valence-electron chi connectivity index (χ3n) is 10.3. The zero-order chi connectivity index (χ0) is 36.0. The Hall–Kier alpha value is -1.03. The number of carbonyl (C=O) groups is 1. The summed E-state index contributed by atoms with van der Waals surface area (Å²) in [7, 11) is 0. The van der Waals surface area contributed by atoms with E-state index in [1.165, 1.54) is 134 Å². The highest BCUT2D eigenvalue weighted by Gasteiger charge is 2.33. The molecule has 0 aromatic carbocycles. The molecule has 0 saturated heterocycles. The van der Waals surface area contributed by atoms with Gasteiger partial charge >= 0.3 is 0 Å². The van der Waals surface area contributed by atoms with Crippen molar-refractivity contribution in [3.63, 3.8) is 0 Å². The average molecular weight is 698 g/mol. The first-order valence-corrected chi connectivity index (χ1v) is 20.8. The fourth-order valence-corrected chi connectivity index (χ4v) is 6.82. The fourth-order valence-electron chi connectivity index (χ4n) is 6.82. The highest BCUT2D eigenvalue weighted by molar-refractivity contribution is 5.76. The van der Waals surface area contributed by atoms with E-state index in [1.54, 1.807) is 6.08 Å².